The van der Waals surface area contributed by atoms with Gasteiger partial charge < -0.3 is 9.64 Å². The third kappa shape index (κ3) is 3.59. The summed E-state index contributed by atoms with van der Waals surface area (Å²) in [5.74, 6) is 0. The maximum Gasteiger partial charge on any atom is 0.409 e. The van der Waals surface area contributed by atoms with Gasteiger partial charge in [0.05, 0.1) is 17.3 Å². The first kappa shape index (κ1) is 18.1. The van der Waals surface area contributed by atoms with Gasteiger partial charge in [-0.25, -0.2) is 4.79 Å². The summed E-state index contributed by atoms with van der Waals surface area (Å²) in [6.07, 6.45) is 5.12. The summed E-state index contributed by atoms with van der Waals surface area (Å²) >= 11 is 6.22. The van der Waals surface area contributed by atoms with Crippen LogP contribution in [0.15, 0.2) is 42.1 Å². The molecule has 1 aliphatic carbocycles. The number of piperidine rings is 1. The molecule has 0 N–H and O–H groups in total. The van der Waals surface area contributed by atoms with Crippen molar-refractivity contribution in [1.29, 1.82) is 0 Å². The van der Waals surface area contributed by atoms with Crippen LogP contribution in [-0.2, 0) is 17.6 Å². The number of fused-ring (bicyclic) bond motifs is 2. The molecule has 4 nitrogen and oxygen atoms in total. The number of nitrogens with zero attached hydrogens (tertiary/aromatic N) is 2. The SMILES string of the molecule is CCOC(=O)N1CCC(=C2c3ccccc3CCc3cc(Cl)cnc32)CC1. The standard InChI is InChI=1S/C22H23ClN2O2/c1-2-27-22(26)25-11-9-16(10-12-25)20-19-6-4-3-5-15(19)7-8-17-13-18(23)14-24-21(17)20/h3-6,13-14H,2,7-12H2,1H3. The number of amides is 1. The molecule has 1 aromatic heterocycles. The van der Waals surface area contributed by atoms with Gasteiger partial charge in [-0.2, -0.15) is 0 Å². The highest BCUT2D eigenvalue weighted by Gasteiger charge is 2.26. The summed E-state index contributed by atoms with van der Waals surface area (Å²) in [4.78, 5) is 18.6. The van der Waals surface area contributed by atoms with E-state index in [0.29, 0.717) is 24.7 Å². The number of pyridine rings is 1. The molecule has 1 aliphatic heterocycles. The highest BCUT2D eigenvalue weighted by Crippen LogP contribution is 2.38. The fourth-order valence-electron chi connectivity index (χ4n) is 4.06. The second-order valence-electron chi connectivity index (χ2n) is 6.98. The smallest absolute Gasteiger partial charge is 0.409 e. The van der Waals surface area contributed by atoms with Crippen molar-refractivity contribution in [2.24, 2.45) is 0 Å². The number of likely N-dealkylation sites (tertiary alicyclic amines) is 1. The van der Waals surface area contributed by atoms with Gasteiger partial charge in [-0.05, 0) is 55.4 Å². The number of aryl methyl sites for hydroxylation is 2. The van der Waals surface area contributed by atoms with Gasteiger partial charge in [0.25, 0.3) is 0 Å². The number of hydrogen-bond donors (Lipinski definition) is 0. The minimum atomic E-state index is -0.215. The van der Waals surface area contributed by atoms with Crippen molar-refractivity contribution in [2.45, 2.75) is 32.6 Å². The van der Waals surface area contributed by atoms with Crippen LogP contribution in [0.4, 0.5) is 4.79 Å². The molecule has 4 rings (SSSR count). The Hall–Kier alpha value is -2.33. The highest BCUT2D eigenvalue weighted by atomic mass is 35.5. The van der Waals surface area contributed by atoms with Crippen molar-refractivity contribution in [3.05, 3.63) is 69.5 Å². The summed E-state index contributed by atoms with van der Waals surface area (Å²) in [6.45, 7) is 3.62. The first-order valence-electron chi connectivity index (χ1n) is 9.54. The number of carbonyl (C=O) groups is 1. The van der Waals surface area contributed by atoms with Gasteiger partial charge in [0, 0.05) is 24.9 Å². The van der Waals surface area contributed by atoms with E-state index in [4.69, 9.17) is 21.3 Å². The first-order valence-corrected chi connectivity index (χ1v) is 9.92. The Labute approximate surface area is 164 Å². The van der Waals surface area contributed by atoms with E-state index < -0.39 is 0 Å². The van der Waals surface area contributed by atoms with Gasteiger partial charge in [0.2, 0.25) is 0 Å². The zero-order chi connectivity index (χ0) is 18.8. The molecule has 2 aromatic rings. The summed E-state index contributed by atoms with van der Waals surface area (Å²) in [5, 5.41) is 0.682. The molecule has 27 heavy (non-hydrogen) atoms. The molecule has 0 radical (unpaired) electrons. The predicted molar refractivity (Wildman–Crippen MR) is 107 cm³/mol. The van der Waals surface area contributed by atoms with Crippen LogP contribution < -0.4 is 0 Å². The number of carbonyl (C=O) groups excluding carboxylic acids is 1. The lowest BCUT2D eigenvalue weighted by Crippen LogP contribution is -2.37. The van der Waals surface area contributed by atoms with Crippen LogP contribution in [0.2, 0.25) is 5.02 Å². The molecule has 140 valence electrons. The van der Waals surface area contributed by atoms with Crippen molar-refractivity contribution in [1.82, 2.24) is 9.88 Å². The van der Waals surface area contributed by atoms with E-state index in [1.165, 1.54) is 27.8 Å². The normalized spacial score (nSPS) is 16.4. The largest absolute Gasteiger partial charge is 0.450 e. The summed E-state index contributed by atoms with van der Waals surface area (Å²) in [7, 11) is 0. The molecule has 0 spiro atoms. The van der Waals surface area contributed by atoms with Gasteiger partial charge in [-0.3, -0.25) is 4.98 Å². The zero-order valence-electron chi connectivity index (χ0n) is 15.5. The van der Waals surface area contributed by atoms with E-state index in [9.17, 15) is 4.79 Å². The van der Waals surface area contributed by atoms with E-state index in [-0.39, 0.29) is 6.09 Å². The molecule has 1 amide bonds. The molecule has 1 saturated heterocycles. The highest BCUT2D eigenvalue weighted by molar-refractivity contribution is 6.30. The van der Waals surface area contributed by atoms with Gasteiger partial charge in [0.15, 0.2) is 0 Å². The molecular formula is C22H23ClN2O2. The number of ether oxygens (including phenoxy) is 1. The average Bonchev–Trinajstić information content (AvgIpc) is 2.85. The molecule has 5 heteroatoms. The lowest BCUT2D eigenvalue weighted by molar-refractivity contribution is 0.104. The van der Waals surface area contributed by atoms with E-state index in [0.717, 1.165) is 31.4 Å². The van der Waals surface area contributed by atoms with Crippen LogP contribution >= 0.6 is 11.6 Å². The van der Waals surface area contributed by atoms with Crippen molar-refractivity contribution in [3.63, 3.8) is 0 Å². The maximum absolute atomic E-state index is 12.0. The number of hydrogen-bond acceptors (Lipinski definition) is 3. The quantitative estimate of drug-likeness (QED) is 0.705. The van der Waals surface area contributed by atoms with Crippen LogP contribution in [0.3, 0.4) is 0 Å². The fraction of sp³-hybridized carbons (Fsp3) is 0.364. The summed E-state index contributed by atoms with van der Waals surface area (Å²) in [6, 6.07) is 10.6. The minimum Gasteiger partial charge on any atom is -0.450 e. The first-order chi connectivity index (χ1) is 13.2. The summed E-state index contributed by atoms with van der Waals surface area (Å²) in [5.41, 5.74) is 7.46. The number of halogens is 1. The zero-order valence-corrected chi connectivity index (χ0v) is 16.3. The Morgan fingerprint density at radius 2 is 1.89 bits per heavy atom. The second kappa shape index (κ2) is 7.73. The maximum atomic E-state index is 12.0. The number of rotatable bonds is 1. The van der Waals surface area contributed by atoms with Crippen LogP contribution in [0.1, 0.15) is 42.1 Å². The lowest BCUT2D eigenvalue weighted by atomic mass is 9.88. The van der Waals surface area contributed by atoms with E-state index in [1.54, 1.807) is 11.1 Å². The third-order valence-corrected chi connectivity index (χ3v) is 5.57. The molecule has 0 bridgehead atoms. The van der Waals surface area contributed by atoms with Crippen molar-refractivity contribution in [3.8, 4) is 0 Å². The van der Waals surface area contributed by atoms with Gasteiger partial charge >= 0.3 is 6.09 Å². The van der Waals surface area contributed by atoms with Crippen molar-refractivity contribution in [2.75, 3.05) is 19.7 Å². The predicted octanol–water partition coefficient (Wildman–Crippen LogP) is 4.89. The molecule has 0 atom stereocenters. The van der Waals surface area contributed by atoms with Crippen LogP contribution in [0.25, 0.3) is 5.57 Å². The van der Waals surface area contributed by atoms with E-state index in [1.807, 2.05) is 13.0 Å². The van der Waals surface area contributed by atoms with Gasteiger partial charge in [-0.1, -0.05) is 41.4 Å². The molecule has 1 fully saturated rings. The molecule has 2 heterocycles. The Morgan fingerprint density at radius 1 is 1.15 bits per heavy atom. The Morgan fingerprint density at radius 3 is 2.67 bits per heavy atom. The Bertz CT molecular complexity index is 897. The van der Waals surface area contributed by atoms with Crippen LogP contribution in [0, 0.1) is 0 Å². The van der Waals surface area contributed by atoms with E-state index >= 15 is 0 Å². The molecule has 0 saturated carbocycles. The minimum absolute atomic E-state index is 0.215. The molecular weight excluding hydrogens is 360 g/mol. The van der Waals surface area contributed by atoms with Gasteiger partial charge in [-0.15, -0.1) is 0 Å². The second-order valence-corrected chi connectivity index (χ2v) is 7.42. The van der Waals surface area contributed by atoms with Gasteiger partial charge in [0.1, 0.15) is 0 Å². The lowest BCUT2D eigenvalue weighted by Gasteiger charge is -2.29. The molecule has 2 aliphatic rings. The Balaban J connectivity index is 1.76. The fourth-order valence-corrected chi connectivity index (χ4v) is 4.24. The average molecular weight is 383 g/mol. The van der Waals surface area contributed by atoms with E-state index in [2.05, 4.69) is 24.3 Å². The van der Waals surface area contributed by atoms with Crippen LogP contribution in [-0.4, -0.2) is 35.7 Å². The van der Waals surface area contributed by atoms with Crippen LogP contribution in [0.5, 0.6) is 0 Å². The summed E-state index contributed by atoms with van der Waals surface area (Å²) < 4.78 is 5.15. The third-order valence-electron chi connectivity index (χ3n) is 5.37. The molecule has 1 aromatic carbocycles. The monoisotopic (exact) mass is 382 g/mol. The topological polar surface area (TPSA) is 42.4 Å². The molecule has 0 unspecified atom stereocenters. The van der Waals surface area contributed by atoms with Crippen molar-refractivity contribution >= 4 is 23.3 Å². The Kier molecular flexibility index (Phi) is 5.17. The number of benzene rings is 1. The number of aromatic nitrogens is 1. The van der Waals surface area contributed by atoms with Crippen molar-refractivity contribution < 1.29 is 9.53 Å².